The van der Waals surface area contributed by atoms with Crippen molar-refractivity contribution in [2.75, 3.05) is 51.9 Å². The predicted molar refractivity (Wildman–Crippen MR) is 113 cm³/mol. The van der Waals surface area contributed by atoms with Crippen LogP contribution in [-0.2, 0) is 22.4 Å². The maximum Gasteiger partial charge on any atom is 0.223 e. The van der Waals surface area contributed by atoms with E-state index in [1.165, 1.54) is 43.4 Å². The van der Waals surface area contributed by atoms with Gasteiger partial charge in [-0.2, -0.15) is 11.8 Å². The van der Waals surface area contributed by atoms with Crippen LogP contribution in [0.25, 0.3) is 0 Å². The molecular weight excluding hydrogens is 356 g/mol. The Hall–Kier alpha value is -1.04. The lowest BCUT2D eigenvalue weighted by molar-refractivity contribution is -0.132. The summed E-state index contributed by atoms with van der Waals surface area (Å²) in [4.78, 5) is 17.4. The quantitative estimate of drug-likeness (QED) is 0.649. The number of likely N-dealkylation sites (tertiary alicyclic amines) is 1. The molecule has 0 spiro atoms. The minimum absolute atomic E-state index is 0.284. The predicted octanol–water partition coefficient (Wildman–Crippen LogP) is 3.09. The Morgan fingerprint density at radius 3 is 2.70 bits per heavy atom. The molecule has 27 heavy (non-hydrogen) atoms. The first-order valence-electron chi connectivity index (χ1n) is 10.3. The number of piperidine rings is 1. The molecule has 0 unspecified atom stereocenters. The number of rotatable bonds is 9. The van der Waals surface area contributed by atoms with E-state index in [0.29, 0.717) is 25.0 Å². The molecule has 1 aromatic carbocycles. The van der Waals surface area contributed by atoms with Crippen molar-refractivity contribution in [2.24, 2.45) is 5.92 Å². The number of nitrogens with zero attached hydrogens (tertiary/aromatic N) is 2. The molecule has 1 heterocycles. The molecule has 0 bridgehead atoms. The van der Waals surface area contributed by atoms with E-state index in [-0.39, 0.29) is 5.91 Å². The number of carbonyl (C=O) groups is 1. The lowest BCUT2D eigenvalue weighted by Crippen LogP contribution is -2.47. The topological polar surface area (TPSA) is 32.8 Å². The second-order valence-corrected chi connectivity index (χ2v) is 8.89. The highest BCUT2D eigenvalue weighted by molar-refractivity contribution is 7.98. The van der Waals surface area contributed by atoms with Gasteiger partial charge in [0, 0.05) is 45.0 Å². The molecule has 1 amide bonds. The van der Waals surface area contributed by atoms with Gasteiger partial charge in [0.1, 0.15) is 0 Å². The van der Waals surface area contributed by atoms with Gasteiger partial charge in [-0.05, 0) is 55.5 Å². The van der Waals surface area contributed by atoms with E-state index < -0.39 is 0 Å². The monoisotopic (exact) mass is 390 g/mol. The van der Waals surface area contributed by atoms with Crippen molar-refractivity contribution in [3.63, 3.8) is 0 Å². The fraction of sp³-hybridized carbons (Fsp3) is 0.682. The number of fused-ring (bicyclic) bond motifs is 1. The van der Waals surface area contributed by atoms with Crippen LogP contribution in [0.5, 0.6) is 0 Å². The minimum Gasteiger partial charge on any atom is -0.383 e. The van der Waals surface area contributed by atoms with Crippen LogP contribution < -0.4 is 0 Å². The summed E-state index contributed by atoms with van der Waals surface area (Å²) in [6.07, 6.45) is 7.54. The summed E-state index contributed by atoms with van der Waals surface area (Å²) in [5, 5.41) is 0. The molecule has 0 radical (unpaired) electrons. The number of amides is 1. The van der Waals surface area contributed by atoms with Crippen molar-refractivity contribution in [2.45, 2.75) is 38.1 Å². The Morgan fingerprint density at radius 2 is 2.04 bits per heavy atom. The summed E-state index contributed by atoms with van der Waals surface area (Å²) >= 11 is 1.74. The van der Waals surface area contributed by atoms with Gasteiger partial charge in [-0.1, -0.05) is 24.3 Å². The van der Waals surface area contributed by atoms with E-state index in [0.717, 1.165) is 25.4 Å². The molecule has 3 rings (SSSR count). The molecule has 1 saturated heterocycles. The normalized spacial score (nSPS) is 20.6. The summed E-state index contributed by atoms with van der Waals surface area (Å²) in [6, 6.07) is 9.54. The number of benzene rings is 1. The van der Waals surface area contributed by atoms with E-state index >= 15 is 0 Å². The Kier molecular flexibility index (Phi) is 8.04. The second kappa shape index (κ2) is 10.5. The van der Waals surface area contributed by atoms with Crippen molar-refractivity contribution in [1.82, 2.24) is 9.80 Å². The third kappa shape index (κ3) is 5.72. The van der Waals surface area contributed by atoms with Crippen LogP contribution >= 0.6 is 11.8 Å². The molecular formula is C22H34N2O2S. The lowest BCUT2D eigenvalue weighted by atomic mass is 9.95. The average Bonchev–Trinajstić information content (AvgIpc) is 3.14. The van der Waals surface area contributed by atoms with Gasteiger partial charge in [0.25, 0.3) is 0 Å². The smallest absolute Gasteiger partial charge is 0.223 e. The third-order valence-electron chi connectivity index (χ3n) is 6.01. The molecule has 1 atom stereocenters. The molecule has 2 aliphatic rings. The number of ether oxygens (including phenoxy) is 1. The van der Waals surface area contributed by atoms with Gasteiger partial charge in [-0.3, -0.25) is 9.69 Å². The van der Waals surface area contributed by atoms with Crippen molar-refractivity contribution in [3.8, 4) is 0 Å². The van der Waals surface area contributed by atoms with Crippen LogP contribution in [-0.4, -0.2) is 73.7 Å². The molecule has 1 aliphatic carbocycles. The molecule has 0 saturated carbocycles. The van der Waals surface area contributed by atoms with Crippen LogP contribution in [0.3, 0.4) is 0 Å². The fourth-order valence-electron chi connectivity index (χ4n) is 4.55. The Morgan fingerprint density at radius 1 is 1.30 bits per heavy atom. The van der Waals surface area contributed by atoms with E-state index in [4.69, 9.17) is 4.74 Å². The maximum absolute atomic E-state index is 12.6. The van der Waals surface area contributed by atoms with Crippen molar-refractivity contribution >= 4 is 17.7 Å². The average molecular weight is 391 g/mol. The zero-order valence-electron chi connectivity index (χ0n) is 16.9. The van der Waals surface area contributed by atoms with E-state index in [1.54, 1.807) is 18.9 Å². The summed E-state index contributed by atoms with van der Waals surface area (Å²) < 4.78 is 5.24. The maximum atomic E-state index is 12.6. The molecule has 1 fully saturated rings. The molecule has 1 aromatic rings. The zero-order valence-corrected chi connectivity index (χ0v) is 17.7. The summed E-state index contributed by atoms with van der Waals surface area (Å²) in [7, 11) is 1.71. The van der Waals surface area contributed by atoms with Crippen molar-refractivity contribution in [1.29, 1.82) is 0 Å². The van der Waals surface area contributed by atoms with Gasteiger partial charge in [0.2, 0.25) is 5.91 Å². The van der Waals surface area contributed by atoms with Gasteiger partial charge < -0.3 is 9.64 Å². The largest absolute Gasteiger partial charge is 0.383 e. The number of thioether (sulfide) groups is 1. The van der Waals surface area contributed by atoms with Gasteiger partial charge >= 0.3 is 0 Å². The first-order valence-corrected chi connectivity index (χ1v) is 11.7. The van der Waals surface area contributed by atoms with E-state index in [2.05, 4.69) is 40.3 Å². The summed E-state index contributed by atoms with van der Waals surface area (Å²) in [5.41, 5.74) is 3.05. The molecule has 0 N–H and O–H groups in total. The highest BCUT2D eigenvalue weighted by atomic mass is 32.2. The third-order valence-corrected chi connectivity index (χ3v) is 6.63. The van der Waals surface area contributed by atoms with E-state index in [9.17, 15) is 4.79 Å². The van der Waals surface area contributed by atoms with Crippen LogP contribution in [0, 0.1) is 5.92 Å². The molecule has 150 valence electrons. The van der Waals surface area contributed by atoms with Crippen LogP contribution in [0.15, 0.2) is 24.3 Å². The number of hydrogen-bond acceptors (Lipinski definition) is 4. The molecule has 1 aliphatic heterocycles. The van der Waals surface area contributed by atoms with Crippen molar-refractivity contribution < 1.29 is 9.53 Å². The number of methoxy groups -OCH3 is 1. The van der Waals surface area contributed by atoms with Crippen molar-refractivity contribution in [3.05, 3.63) is 35.4 Å². The highest BCUT2D eigenvalue weighted by Crippen LogP contribution is 2.29. The Labute approximate surface area is 168 Å². The van der Waals surface area contributed by atoms with Gasteiger partial charge in [0.15, 0.2) is 0 Å². The first kappa shape index (κ1) is 20.7. The Balaban J connectivity index is 1.55. The summed E-state index contributed by atoms with van der Waals surface area (Å²) in [6.45, 7) is 4.55. The van der Waals surface area contributed by atoms with E-state index in [1.807, 2.05) is 0 Å². The van der Waals surface area contributed by atoms with Crippen LogP contribution in [0.1, 0.15) is 30.4 Å². The summed E-state index contributed by atoms with van der Waals surface area (Å²) in [5.74, 6) is 1.77. The highest BCUT2D eigenvalue weighted by Gasteiger charge is 2.31. The van der Waals surface area contributed by atoms with Gasteiger partial charge in [-0.25, -0.2) is 0 Å². The SMILES string of the molecule is COCCN(C[C@@H]1CCCN(C2Cc3ccccc3C2)C1)C(=O)CCSC. The molecule has 5 heteroatoms. The second-order valence-electron chi connectivity index (χ2n) is 7.91. The number of hydrogen-bond donors (Lipinski definition) is 0. The minimum atomic E-state index is 0.284. The van der Waals surface area contributed by atoms with Crippen LogP contribution in [0.2, 0.25) is 0 Å². The Bertz CT molecular complexity index is 585. The fourth-order valence-corrected chi connectivity index (χ4v) is 4.93. The van der Waals surface area contributed by atoms with Gasteiger partial charge in [-0.15, -0.1) is 0 Å². The van der Waals surface area contributed by atoms with Crippen LogP contribution in [0.4, 0.5) is 0 Å². The molecule has 4 nitrogen and oxygen atoms in total. The lowest BCUT2D eigenvalue weighted by Gasteiger charge is -2.38. The number of carbonyl (C=O) groups excluding carboxylic acids is 1. The van der Waals surface area contributed by atoms with Gasteiger partial charge in [0.05, 0.1) is 6.61 Å². The first-order chi connectivity index (χ1) is 13.2. The molecule has 0 aromatic heterocycles. The zero-order chi connectivity index (χ0) is 19.1. The standard InChI is InChI=1S/C22H34N2O2S/c1-26-12-11-24(22(25)9-13-27-2)17-18-6-5-10-23(16-18)21-14-19-7-3-4-8-20(19)15-21/h3-4,7-8,18,21H,5-6,9-17H2,1-2H3/t18-/m1/s1.